The molecule has 1 aliphatic heterocycles. The predicted octanol–water partition coefficient (Wildman–Crippen LogP) is 1.30. The minimum atomic E-state index is -1.88. The topological polar surface area (TPSA) is 50.4 Å². The molecule has 3 N–H and O–H groups in total. The number of aliphatic imine (C=N–C) groups is 1. The van der Waals surface area contributed by atoms with Gasteiger partial charge in [0.1, 0.15) is 5.84 Å². The van der Waals surface area contributed by atoms with Gasteiger partial charge in [-0.15, -0.1) is 11.3 Å². The van der Waals surface area contributed by atoms with Crippen molar-refractivity contribution in [3.63, 3.8) is 0 Å². The number of nitrogens with two attached hydrogens (primary N) is 1. The Balaban J connectivity index is 2.38. The van der Waals surface area contributed by atoms with Gasteiger partial charge in [0.2, 0.25) is 0 Å². The summed E-state index contributed by atoms with van der Waals surface area (Å²) in [7, 11) is 0. The van der Waals surface area contributed by atoms with Crippen LogP contribution in [0, 0.1) is 0 Å². The summed E-state index contributed by atoms with van der Waals surface area (Å²) in [5.41, 5.74) is 5.40. The SMILES string of the molecule is NC1=NC(F)(c2cccs2)NC=C1. The maximum atomic E-state index is 14.0. The number of alkyl halides is 1. The highest BCUT2D eigenvalue weighted by molar-refractivity contribution is 7.10. The Hall–Kier alpha value is -1.36. The summed E-state index contributed by atoms with van der Waals surface area (Å²) in [6.45, 7) is 0. The molecule has 0 amide bonds. The average molecular weight is 197 g/mol. The lowest BCUT2D eigenvalue weighted by atomic mass is 10.3. The standard InChI is InChI=1S/C8H8FN3S/c9-8(6-2-1-5-13-6)11-4-3-7(10)12-8/h1-5,11H,(H2,10,12). The monoisotopic (exact) mass is 197 g/mol. The Kier molecular flexibility index (Phi) is 1.81. The molecular weight excluding hydrogens is 189 g/mol. The smallest absolute Gasteiger partial charge is 0.312 e. The zero-order chi connectivity index (χ0) is 9.31. The van der Waals surface area contributed by atoms with Crippen LogP contribution in [0.15, 0.2) is 34.8 Å². The van der Waals surface area contributed by atoms with Crippen molar-refractivity contribution in [1.29, 1.82) is 0 Å². The lowest BCUT2D eigenvalue weighted by molar-refractivity contribution is 0.151. The largest absolute Gasteiger partial charge is 0.384 e. The van der Waals surface area contributed by atoms with Crippen LogP contribution in [0.2, 0.25) is 0 Å². The lowest BCUT2D eigenvalue weighted by Gasteiger charge is -2.22. The van der Waals surface area contributed by atoms with E-state index in [1.807, 2.05) is 0 Å². The minimum absolute atomic E-state index is 0.189. The summed E-state index contributed by atoms with van der Waals surface area (Å²) in [5, 5.41) is 4.32. The van der Waals surface area contributed by atoms with Crippen molar-refractivity contribution in [2.24, 2.45) is 10.7 Å². The first-order chi connectivity index (χ1) is 6.21. The second-order valence-electron chi connectivity index (χ2n) is 2.61. The number of thiophene rings is 1. The van der Waals surface area contributed by atoms with Gasteiger partial charge in [-0.1, -0.05) is 6.07 Å². The number of rotatable bonds is 1. The molecule has 5 heteroatoms. The highest BCUT2D eigenvalue weighted by Gasteiger charge is 2.32. The first kappa shape index (κ1) is 8.25. The Labute approximate surface area is 78.8 Å². The van der Waals surface area contributed by atoms with E-state index in [1.54, 1.807) is 17.5 Å². The van der Waals surface area contributed by atoms with Crippen molar-refractivity contribution in [3.05, 3.63) is 34.7 Å². The molecule has 1 aliphatic rings. The zero-order valence-electron chi connectivity index (χ0n) is 6.70. The molecule has 0 aliphatic carbocycles. The normalized spacial score (nSPS) is 26.7. The van der Waals surface area contributed by atoms with Gasteiger partial charge < -0.3 is 11.1 Å². The van der Waals surface area contributed by atoms with Crippen molar-refractivity contribution < 1.29 is 4.39 Å². The van der Waals surface area contributed by atoms with Gasteiger partial charge in [-0.25, -0.2) is 4.99 Å². The zero-order valence-corrected chi connectivity index (χ0v) is 7.51. The summed E-state index contributed by atoms with van der Waals surface area (Å²) >= 11 is 1.30. The molecule has 0 saturated carbocycles. The molecule has 0 spiro atoms. The molecule has 1 atom stereocenters. The van der Waals surface area contributed by atoms with E-state index in [0.717, 1.165) is 0 Å². The predicted molar refractivity (Wildman–Crippen MR) is 51.0 cm³/mol. The van der Waals surface area contributed by atoms with Crippen LogP contribution in [-0.2, 0) is 5.92 Å². The molecule has 13 heavy (non-hydrogen) atoms. The molecule has 0 bridgehead atoms. The minimum Gasteiger partial charge on any atom is -0.384 e. The third-order valence-corrected chi connectivity index (χ3v) is 2.61. The van der Waals surface area contributed by atoms with Crippen molar-refractivity contribution in [2.75, 3.05) is 0 Å². The van der Waals surface area contributed by atoms with Gasteiger partial charge in [-0.05, 0) is 17.5 Å². The summed E-state index contributed by atoms with van der Waals surface area (Å²) in [6.07, 6.45) is 2.98. The first-order valence-corrected chi connectivity index (χ1v) is 4.61. The maximum Gasteiger partial charge on any atom is 0.312 e. The van der Waals surface area contributed by atoms with E-state index < -0.39 is 5.92 Å². The second kappa shape index (κ2) is 2.85. The Morgan fingerprint density at radius 2 is 2.46 bits per heavy atom. The van der Waals surface area contributed by atoms with E-state index in [9.17, 15) is 4.39 Å². The molecule has 2 heterocycles. The molecule has 0 fully saturated rings. The summed E-state index contributed by atoms with van der Waals surface area (Å²) < 4.78 is 14.0. The van der Waals surface area contributed by atoms with Crippen LogP contribution >= 0.6 is 11.3 Å². The maximum absolute atomic E-state index is 14.0. The van der Waals surface area contributed by atoms with E-state index in [1.165, 1.54) is 23.6 Å². The van der Waals surface area contributed by atoms with Crippen LogP contribution in [0.3, 0.4) is 0 Å². The highest BCUT2D eigenvalue weighted by Crippen LogP contribution is 2.29. The molecule has 1 aromatic heterocycles. The van der Waals surface area contributed by atoms with Gasteiger partial charge in [-0.3, -0.25) is 0 Å². The van der Waals surface area contributed by atoms with Crippen molar-refractivity contribution in [3.8, 4) is 0 Å². The molecule has 1 unspecified atom stereocenters. The second-order valence-corrected chi connectivity index (χ2v) is 3.56. The molecule has 3 nitrogen and oxygen atoms in total. The highest BCUT2D eigenvalue weighted by atomic mass is 32.1. The van der Waals surface area contributed by atoms with E-state index in [-0.39, 0.29) is 5.84 Å². The van der Waals surface area contributed by atoms with Crippen LogP contribution in [0.25, 0.3) is 0 Å². The number of hydrogen-bond donors (Lipinski definition) is 2. The third kappa shape index (κ3) is 1.42. The molecule has 68 valence electrons. The summed E-state index contributed by atoms with van der Waals surface area (Å²) in [6, 6.07) is 3.45. The van der Waals surface area contributed by atoms with Gasteiger partial charge in [0.15, 0.2) is 0 Å². The summed E-state index contributed by atoms with van der Waals surface area (Å²) in [5.74, 6) is -1.69. The number of nitrogens with zero attached hydrogens (tertiary/aromatic N) is 1. The lowest BCUT2D eigenvalue weighted by Crippen LogP contribution is -2.37. The molecular formula is C8H8FN3S. The molecule has 0 aromatic carbocycles. The Morgan fingerprint density at radius 1 is 1.62 bits per heavy atom. The Bertz CT molecular complexity index is 357. The molecule has 0 saturated heterocycles. The van der Waals surface area contributed by atoms with Crippen molar-refractivity contribution >= 4 is 17.2 Å². The van der Waals surface area contributed by atoms with Crippen LogP contribution in [0.5, 0.6) is 0 Å². The summed E-state index contributed by atoms with van der Waals surface area (Å²) in [4.78, 5) is 4.20. The fourth-order valence-corrected chi connectivity index (χ4v) is 1.80. The average Bonchev–Trinajstić information content (AvgIpc) is 2.55. The van der Waals surface area contributed by atoms with E-state index in [0.29, 0.717) is 4.88 Å². The Morgan fingerprint density at radius 3 is 3.08 bits per heavy atom. The molecule has 1 aromatic rings. The van der Waals surface area contributed by atoms with Crippen LogP contribution in [0.1, 0.15) is 4.88 Å². The van der Waals surface area contributed by atoms with Crippen LogP contribution in [-0.4, -0.2) is 5.84 Å². The number of amidine groups is 1. The van der Waals surface area contributed by atoms with Gasteiger partial charge in [-0.2, -0.15) is 4.39 Å². The van der Waals surface area contributed by atoms with Crippen molar-refractivity contribution in [2.45, 2.75) is 5.92 Å². The quantitative estimate of drug-likeness (QED) is 0.667. The number of halogens is 1. The fraction of sp³-hybridized carbons (Fsp3) is 0.125. The van der Waals surface area contributed by atoms with E-state index in [2.05, 4.69) is 10.3 Å². The van der Waals surface area contributed by atoms with Gasteiger partial charge in [0.05, 0.1) is 4.88 Å². The van der Waals surface area contributed by atoms with Crippen LogP contribution < -0.4 is 11.1 Å². The van der Waals surface area contributed by atoms with Gasteiger partial charge in [0, 0.05) is 6.20 Å². The van der Waals surface area contributed by atoms with E-state index >= 15 is 0 Å². The molecule has 0 radical (unpaired) electrons. The van der Waals surface area contributed by atoms with Gasteiger partial charge in [0.25, 0.3) is 0 Å². The van der Waals surface area contributed by atoms with Crippen molar-refractivity contribution in [1.82, 2.24) is 5.32 Å². The number of nitrogens with one attached hydrogen (secondary N) is 1. The number of hydrogen-bond acceptors (Lipinski definition) is 4. The third-order valence-electron chi connectivity index (χ3n) is 1.66. The van der Waals surface area contributed by atoms with Gasteiger partial charge >= 0.3 is 5.92 Å². The molecule has 2 rings (SSSR count). The fourth-order valence-electron chi connectivity index (χ4n) is 1.08. The van der Waals surface area contributed by atoms with Crippen LogP contribution in [0.4, 0.5) is 4.39 Å². The van der Waals surface area contributed by atoms with E-state index in [4.69, 9.17) is 5.73 Å². The first-order valence-electron chi connectivity index (χ1n) is 3.73.